The van der Waals surface area contributed by atoms with Crippen LogP contribution in [0.4, 0.5) is 0 Å². The lowest BCUT2D eigenvalue weighted by Crippen LogP contribution is -2.28. The predicted molar refractivity (Wildman–Crippen MR) is 100 cm³/mol. The van der Waals surface area contributed by atoms with Crippen LogP contribution in [-0.2, 0) is 0 Å². The molecular formula is C21H22N2O2. The zero-order valence-electron chi connectivity index (χ0n) is 14.8. The Bertz CT molecular complexity index is 919. The number of pyridine rings is 1. The first-order valence-corrected chi connectivity index (χ1v) is 8.39. The summed E-state index contributed by atoms with van der Waals surface area (Å²) in [6, 6.07) is 15.6. The number of fused-ring (bicyclic) bond motifs is 1. The molecule has 1 aromatic heterocycles. The standard InChI is InChI=1S/C21H22N2O2/c1-14-8-9-19-17(12-14)18(13-16(3)23-19)21(24)22-10-11-25-20-7-5-4-6-15(20)2/h4-9,12-13H,10-11H2,1-3H3,(H,22,24). The number of nitrogens with zero attached hydrogens (tertiary/aromatic N) is 1. The third kappa shape index (κ3) is 3.97. The van der Waals surface area contributed by atoms with Crippen LogP contribution < -0.4 is 10.1 Å². The van der Waals surface area contributed by atoms with Gasteiger partial charge in [-0.25, -0.2) is 0 Å². The first kappa shape index (κ1) is 17.0. The van der Waals surface area contributed by atoms with Gasteiger partial charge in [-0.2, -0.15) is 0 Å². The molecule has 0 saturated heterocycles. The average molecular weight is 334 g/mol. The van der Waals surface area contributed by atoms with Crippen molar-refractivity contribution in [2.45, 2.75) is 20.8 Å². The Morgan fingerprint density at radius 3 is 2.68 bits per heavy atom. The minimum absolute atomic E-state index is 0.102. The second kappa shape index (κ2) is 7.34. The molecule has 0 spiro atoms. The molecule has 4 nitrogen and oxygen atoms in total. The number of aromatic nitrogens is 1. The van der Waals surface area contributed by atoms with Crippen LogP contribution in [0.5, 0.6) is 5.75 Å². The largest absolute Gasteiger partial charge is 0.491 e. The summed E-state index contributed by atoms with van der Waals surface area (Å²) in [5.74, 6) is 0.743. The van der Waals surface area contributed by atoms with Crippen molar-refractivity contribution in [2.24, 2.45) is 0 Å². The summed E-state index contributed by atoms with van der Waals surface area (Å²) >= 11 is 0. The van der Waals surface area contributed by atoms with Gasteiger partial charge in [-0.1, -0.05) is 29.8 Å². The molecule has 0 fully saturated rings. The molecule has 0 bridgehead atoms. The molecule has 3 aromatic rings. The number of benzene rings is 2. The number of hydrogen-bond donors (Lipinski definition) is 1. The fourth-order valence-electron chi connectivity index (χ4n) is 2.80. The third-order valence-corrected chi connectivity index (χ3v) is 4.08. The van der Waals surface area contributed by atoms with E-state index in [4.69, 9.17) is 4.74 Å². The van der Waals surface area contributed by atoms with Gasteiger partial charge in [0.1, 0.15) is 12.4 Å². The van der Waals surface area contributed by atoms with Crippen LogP contribution in [0.3, 0.4) is 0 Å². The molecule has 0 aliphatic rings. The Hall–Kier alpha value is -2.88. The molecule has 0 saturated carbocycles. The van der Waals surface area contributed by atoms with Gasteiger partial charge < -0.3 is 10.1 Å². The van der Waals surface area contributed by atoms with Crippen molar-refractivity contribution in [3.8, 4) is 5.75 Å². The lowest BCUT2D eigenvalue weighted by atomic mass is 10.0. The van der Waals surface area contributed by atoms with Gasteiger partial charge in [-0.3, -0.25) is 9.78 Å². The van der Waals surface area contributed by atoms with E-state index in [0.717, 1.165) is 33.5 Å². The van der Waals surface area contributed by atoms with Crippen molar-refractivity contribution in [1.29, 1.82) is 0 Å². The van der Waals surface area contributed by atoms with E-state index in [9.17, 15) is 4.79 Å². The fourth-order valence-corrected chi connectivity index (χ4v) is 2.80. The molecule has 25 heavy (non-hydrogen) atoms. The number of carbonyl (C=O) groups excluding carboxylic acids is 1. The highest BCUT2D eigenvalue weighted by atomic mass is 16.5. The Labute approximate surface area is 147 Å². The fraction of sp³-hybridized carbons (Fsp3) is 0.238. The molecule has 0 unspecified atom stereocenters. The smallest absolute Gasteiger partial charge is 0.252 e. The number of para-hydroxylation sites is 1. The van der Waals surface area contributed by atoms with Gasteiger partial charge in [0.05, 0.1) is 17.6 Å². The molecule has 0 atom stereocenters. The normalized spacial score (nSPS) is 10.7. The summed E-state index contributed by atoms with van der Waals surface area (Å²) < 4.78 is 5.73. The monoisotopic (exact) mass is 334 g/mol. The van der Waals surface area contributed by atoms with Crippen molar-refractivity contribution >= 4 is 16.8 Å². The maximum atomic E-state index is 12.6. The summed E-state index contributed by atoms with van der Waals surface area (Å²) in [4.78, 5) is 17.1. The molecule has 3 rings (SSSR count). The second-order valence-corrected chi connectivity index (χ2v) is 6.20. The van der Waals surface area contributed by atoms with E-state index < -0.39 is 0 Å². The van der Waals surface area contributed by atoms with Gasteiger partial charge in [-0.05, 0) is 50.6 Å². The SMILES string of the molecule is Cc1ccc2nc(C)cc(C(=O)NCCOc3ccccc3C)c2c1. The van der Waals surface area contributed by atoms with Crippen molar-refractivity contribution in [2.75, 3.05) is 13.2 Å². The van der Waals surface area contributed by atoms with Crippen LogP contribution in [0.2, 0.25) is 0 Å². The summed E-state index contributed by atoms with van der Waals surface area (Å²) in [5.41, 5.74) is 4.52. The number of hydrogen-bond acceptors (Lipinski definition) is 3. The van der Waals surface area contributed by atoms with E-state index in [2.05, 4.69) is 10.3 Å². The van der Waals surface area contributed by atoms with E-state index in [1.807, 2.05) is 69.3 Å². The minimum Gasteiger partial charge on any atom is -0.491 e. The number of nitrogens with one attached hydrogen (secondary N) is 1. The lowest BCUT2D eigenvalue weighted by Gasteiger charge is -2.11. The number of aryl methyl sites for hydroxylation is 3. The predicted octanol–water partition coefficient (Wildman–Crippen LogP) is 3.97. The Balaban J connectivity index is 1.68. The maximum Gasteiger partial charge on any atom is 0.252 e. The first-order valence-electron chi connectivity index (χ1n) is 8.39. The highest BCUT2D eigenvalue weighted by Gasteiger charge is 2.12. The second-order valence-electron chi connectivity index (χ2n) is 6.20. The molecule has 0 radical (unpaired) electrons. The van der Waals surface area contributed by atoms with Gasteiger partial charge in [0.25, 0.3) is 5.91 Å². The Kier molecular flexibility index (Phi) is 4.98. The first-order chi connectivity index (χ1) is 12.0. The molecule has 2 aromatic carbocycles. The molecule has 128 valence electrons. The van der Waals surface area contributed by atoms with Crippen molar-refractivity contribution in [3.63, 3.8) is 0 Å². The number of carbonyl (C=O) groups is 1. The zero-order valence-corrected chi connectivity index (χ0v) is 14.8. The summed E-state index contributed by atoms with van der Waals surface area (Å²) in [7, 11) is 0. The molecule has 0 aliphatic heterocycles. The minimum atomic E-state index is -0.102. The molecule has 4 heteroatoms. The van der Waals surface area contributed by atoms with E-state index >= 15 is 0 Å². The molecule has 1 amide bonds. The summed E-state index contributed by atoms with van der Waals surface area (Å²) in [6.45, 7) is 6.79. The van der Waals surface area contributed by atoms with Crippen molar-refractivity contribution < 1.29 is 9.53 Å². The van der Waals surface area contributed by atoms with E-state index in [1.54, 1.807) is 0 Å². The maximum absolute atomic E-state index is 12.6. The molecule has 1 heterocycles. The number of rotatable bonds is 5. The van der Waals surface area contributed by atoms with E-state index in [0.29, 0.717) is 18.7 Å². The van der Waals surface area contributed by atoms with Crippen LogP contribution in [0.15, 0.2) is 48.5 Å². The van der Waals surface area contributed by atoms with Crippen molar-refractivity contribution in [1.82, 2.24) is 10.3 Å². The number of ether oxygens (including phenoxy) is 1. The quantitative estimate of drug-likeness (QED) is 0.718. The van der Waals surface area contributed by atoms with Crippen LogP contribution in [0, 0.1) is 20.8 Å². The van der Waals surface area contributed by atoms with E-state index in [-0.39, 0.29) is 5.91 Å². The van der Waals surface area contributed by atoms with Gasteiger partial charge in [0, 0.05) is 11.1 Å². The number of amides is 1. The highest BCUT2D eigenvalue weighted by molar-refractivity contribution is 6.06. The Morgan fingerprint density at radius 2 is 1.88 bits per heavy atom. The summed E-state index contributed by atoms with van der Waals surface area (Å²) in [6.07, 6.45) is 0. The van der Waals surface area contributed by atoms with Gasteiger partial charge in [0.2, 0.25) is 0 Å². The third-order valence-electron chi connectivity index (χ3n) is 4.08. The van der Waals surface area contributed by atoms with Crippen molar-refractivity contribution in [3.05, 3.63) is 70.9 Å². The molecule has 0 aliphatic carbocycles. The van der Waals surface area contributed by atoms with Gasteiger partial charge in [0.15, 0.2) is 0 Å². The highest BCUT2D eigenvalue weighted by Crippen LogP contribution is 2.20. The zero-order chi connectivity index (χ0) is 17.8. The molecule has 1 N–H and O–H groups in total. The van der Waals surface area contributed by atoms with E-state index in [1.165, 1.54) is 0 Å². The summed E-state index contributed by atoms with van der Waals surface area (Å²) in [5, 5.41) is 3.81. The van der Waals surface area contributed by atoms with Gasteiger partial charge in [-0.15, -0.1) is 0 Å². The van der Waals surface area contributed by atoms with Crippen LogP contribution in [0.25, 0.3) is 10.9 Å². The van der Waals surface area contributed by atoms with Gasteiger partial charge >= 0.3 is 0 Å². The molecular weight excluding hydrogens is 312 g/mol. The van der Waals surface area contributed by atoms with Crippen LogP contribution >= 0.6 is 0 Å². The average Bonchev–Trinajstić information content (AvgIpc) is 2.59. The lowest BCUT2D eigenvalue weighted by molar-refractivity contribution is 0.0948. The van der Waals surface area contributed by atoms with Crippen LogP contribution in [-0.4, -0.2) is 24.0 Å². The van der Waals surface area contributed by atoms with Crippen LogP contribution in [0.1, 0.15) is 27.2 Å². The topological polar surface area (TPSA) is 51.2 Å². The Morgan fingerprint density at radius 1 is 1.08 bits per heavy atom.